The van der Waals surface area contributed by atoms with E-state index >= 15 is 0 Å². The maximum Gasteiger partial charge on any atom is 0.252 e. The molecule has 2 rings (SSSR count). The van der Waals surface area contributed by atoms with Gasteiger partial charge in [-0.25, -0.2) is 18.2 Å². The molecular weight excluding hydrogens is 333 g/mol. The third-order valence-corrected chi connectivity index (χ3v) is 3.45. The third kappa shape index (κ3) is 5.37. The van der Waals surface area contributed by atoms with Crippen molar-refractivity contribution in [2.24, 2.45) is 5.73 Å². The van der Waals surface area contributed by atoms with E-state index in [4.69, 9.17) is 5.73 Å². The maximum absolute atomic E-state index is 14.1. The summed E-state index contributed by atoms with van der Waals surface area (Å²) >= 11 is 0. The molecule has 0 spiro atoms. The second kappa shape index (κ2) is 8.36. The number of nitrogens with two attached hydrogens (primary N) is 1. The molecule has 0 atom stereocenters. The highest BCUT2D eigenvalue weighted by molar-refractivity contribution is 5.98. The summed E-state index contributed by atoms with van der Waals surface area (Å²) in [6.07, 6.45) is -2.53. The van der Waals surface area contributed by atoms with Crippen molar-refractivity contribution in [1.29, 1.82) is 0 Å². The molecule has 0 aliphatic heterocycles. The van der Waals surface area contributed by atoms with Gasteiger partial charge in [0.2, 0.25) is 6.43 Å². The number of nitrogens with zero attached hydrogens (tertiary/aromatic N) is 1. The first-order valence-corrected chi connectivity index (χ1v) is 7.73. The van der Waals surface area contributed by atoms with Gasteiger partial charge in [-0.3, -0.25) is 4.79 Å². The molecule has 1 aromatic heterocycles. The predicted molar refractivity (Wildman–Crippen MR) is 90.9 cm³/mol. The van der Waals surface area contributed by atoms with Gasteiger partial charge in [0.05, 0.1) is 5.56 Å². The van der Waals surface area contributed by atoms with Crippen LogP contribution in [0.15, 0.2) is 30.3 Å². The van der Waals surface area contributed by atoms with Crippen LogP contribution in [0.2, 0.25) is 0 Å². The summed E-state index contributed by atoms with van der Waals surface area (Å²) in [7, 11) is 0. The van der Waals surface area contributed by atoms with Gasteiger partial charge in [-0.15, -0.1) is 0 Å². The van der Waals surface area contributed by atoms with Crippen LogP contribution in [0.4, 0.5) is 30.5 Å². The molecule has 1 amide bonds. The lowest BCUT2D eigenvalue weighted by Crippen LogP contribution is -2.16. The topological polar surface area (TPSA) is 80.0 Å². The Morgan fingerprint density at radius 1 is 1.24 bits per heavy atom. The largest absolute Gasteiger partial charge is 0.368 e. The molecule has 1 aromatic carbocycles. The van der Waals surface area contributed by atoms with Crippen molar-refractivity contribution in [2.45, 2.75) is 26.2 Å². The normalized spacial score (nSPS) is 10.8. The molecule has 134 valence electrons. The third-order valence-electron chi connectivity index (χ3n) is 3.45. The number of primary amides is 1. The fraction of sp³-hybridized carbons (Fsp3) is 0.294. The Bertz CT molecular complexity index is 735. The average molecular weight is 352 g/mol. The molecule has 8 heteroatoms. The molecule has 0 bridgehead atoms. The van der Waals surface area contributed by atoms with Crippen molar-refractivity contribution in [3.63, 3.8) is 0 Å². The fourth-order valence-electron chi connectivity index (χ4n) is 2.13. The number of alkyl halides is 2. The molecule has 0 unspecified atom stereocenters. The molecule has 0 aliphatic rings. The number of nitrogens with one attached hydrogen (secondary N) is 2. The van der Waals surface area contributed by atoms with Crippen LogP contribution in [0.25, 0.3) is 0 Å². The van der Waals surface area contributed by atoms with Gasteiger partial charge >= 0.3 is 0 Å². The van der Waals surface area contributed by atoms with Gasteiger partial charge in [-0.2, -0.15) is 0 Å². The van der Waals surface area contributed by atoms with Gasteiger partial charge in [0, 0.05) is 18.7 Å². The van der Waals surface area contributed by atoms with Gasteiger partial charge in [0.15, 0.2) is 11.6 Å². The molecule has 4 N–H and O–H groups in total. The summed E-state index contributed by atoms with van der Waals surface area (Å²) in [6.45, 7) is 2.06. The van der Waals surface area contributed by atoms with Crippen LogP contribution >= 0.6 is 0 Å². The van der Waals surface area contributed by atoms with Crippen molar-refractivity contribution in [2.75, 3.05) is 17.2 Å². The molecule has 0 aliphatic carbocycles. The molecule has 5 nitrogen and oxygen atoms in total. The second-order valence-corrected chi connectivity index (χ2v) is 5.53. The zero-order valence-electron chi connectivity index (χ0n) is 13.7. The Balaban J connectivity index is 2.21. The summed E-state index contributed by atoms with van der Waals surface area (Å²) < 4.78 is 38.3. The van der Waals surface area contributed by atoms with E-state index in [9.17, 15) is 18.0 Å². The van der Waals surface area contributed by atoms with Crippen LogP contribution in [0.3, 0.4) is 0 Å². The number of aryl methyl sites for hydroxylation is 1. The lowest BCUT2D eigenvalue weighted by Gasteiger charge is -2.13. The number of carbonyl (C=O) groups is 1. The molecule has 1 heterocycles. The summed E-state index contributed by atoms with van der Waals surface area (Å²) in [4.78, 5) is 15.6. The monoisotopic (exact) mass is 352 g/mol. The zero-order chi connectivity index (χ0) is 18.4. The molecule has 25 heavy (non-hydrogen) atoms. The molecular formula is C17H19F3N4O. The van der Waals surface area contributed by atoms with Crippen LogP contribution in [-0.2, 0) is 0 Å². The second-order valence-electron chi connectivity index (χ2n) is 5.53. The standard InChI is InChI=1S/C17H19F3N4O/c1-10-4-6-11(7-5-10)23-16-12(15(21)25)9-13(18)17(24-16)22-8-2-3-14(19)20/h4-7,9,14H,2-3,8H2,1H3,(H2,21,25)(H2,22,23,24). The van der Waals surface area contributed by atoms with Gasteiger partial charge in [0.25, 0.3) is 5.91 Å². The van der Waals surface area contributed by atoms with E-state index in [-0.39, 0.29) is 36.6 Å². The van der Waals surface area contributed by atoms with E-state index in [1.807, 2.05) is 19.1 Å². The molecule has 0 radical (unpaired) electrons. The maximum atomic E-state index is 14.1. The van der Waals surface area contributed by atoms with Crippen LogP contribution in [0.1, 0.15) is 28.8 Å². The van der Waals surface area contributed by atoms with E-state index in [1.165, 1.54) is 0 Å². The molecule has 2 aromatic rings. The van der Waals surface area contributed by atoms with Crippen LogP contribution < -0.4 is 16.4 Å². The quantitative estimate of drug-likeness (QED) is 0.631. The highest BCUT2D eigenvalue weighted by Crippen LogP contribution is 2.24. The van der Waals surface area contributed by atoms with E-state index in [1.54, 1.807) is 12.1 Å². The van der Waals surface area contributed by atoms with E-state index in [2.05, 4.69) is 15.6 Å². The van der Waals surface area contributed by atoms with E-state index in [0.29, 0.717) is 5.69 Å². The van der Waals surface area contributed by atoms with Gasteiger partial charge < -0.3 is 16.4 Å². The highest BCUT2D eigenvalue weighted by atomic mass is 19.3. The first kappa shape index (κ1) is 18.6. The minimum atomic E-state index is -2.41. The Labute approximate surface area is 143 Å². The van der Waals surface area contributed by atoms with Crippen LogP contribution in [0, 0.1) is 12.7 Å². The number of halogens is 3. The highest BCUT2D eigenvalue weighted by Gasteiger charge is 2.16. The van der Waals surface area contributed by atoms with Crippen molar-refractivity contribution in [3.05, 3.63) is 47.3 Å². The smallest absolute Gasteiger partial charge is 0.252 e. The van der Waals surface area contributed by atoms with E-state index < -0.39 is 18.1 Å². The Morgan fingerprint density at radius 2 is 1.92 bits per heavy atom. The van der Waals surface area contributed by atoms with Crippen molar-refractivity contribution in [3.8, 4) is 0 Å². The summed E-state index contributed by atoms with van der Waals surface area (Å²) in [5, 5.41) is 5.58. The molecule has 0 saturated heterocycles. The summed E-state index contributed by atoms with van der Waals surface area (Å²) in [6, 6.07) is 8.25. The SMILES string of the molecule is Cc1ccc(Nc2nc(NCCCC(F)F)c(F)cc2C(N)=O)cc1. The number of hydrogen-bond donors (Lipinski definition) is 3. The van der Waals surface area contributed by atoms with Crippen LogP contribution in [-0.4, -0.2) is 23.9 Å². The number of rotatable bonds is 8. The number of benzene rings is 1. The fourth-order valence-corrected chi connectivity index (χ4v) is 2.13. The Hall–Kier alpha value is -2.77. The first-order chi connectivity index (χ1) is 11.9. The van der Waals surface area contributed by atoms with E-state index in [0.717, 1.165) is 11.6 Å². The Morgan fingerprint density at radius 3 is 2.52 bits per heavy atom. The van der Waals surface area contributed by atoms with Crippen molar-refractivity contribution >= 4 is 23.2 Å². The summed E-state index contributed by atoms with van der Waals surface area (Å²) in [5.74, 6) is -1.64. The lowest BCUT2D eigenvalue weighted by molar-refractivity contribution is 0.100. The van der Waals surface area contributed by atoms with Crippen LogP contribution in [0.5, 0.6) is 0 Å². The van der Waals surface area contributed by atoms with Crippen molar-refractivity contribution in [1.82, 2.24) is 4.98 Å². The van der Waals surface area contributed by atoms with Crippen molar-refractivity contribution < 1.29 is 18.0 Å². The average Bonchev–Trinajstić information content (AvgIpc) is 2.55. The lowest BCUT2D eigenvalue weighted by atomic mass is 10.2. The van der Waals surface area contributed by atoms with Gasteiger partial charge in [-0.05, 0) is 31.5 Å². The number of aromatic nitrogens is 1. The van der Waals surface area contributed by atoms with Gasteiger partial charge in [0.1, 0.15) is 5.82 Å². The first-order valence-electron chi connectivity index (χ1n) is 7.73. The van der Waals surface area contributed by atoms with Gasteiger partial charge in [-0.1, -0.05) is 17.7 Å². The summed E-state index contributed by atoms with van der Waals surface area (Å²) in [5.41, 5.74) is 6.88. The minimum absolute atomic E-state index is 0.0918. The number of hydrogen-bond acceptors (Lipinski definition) is 4. The zero-order valence-corrected chi connectivity index (χ0v) is 13.7. The molecule has 0 fully saturated rings. The number of amides is 1. The number of anilines is 3. The molecule has 0 saturated carbocycles. The predicted octanol–water partition coefficient (Wildman–Crippen LogP) is 3.83. The number of carbonyl (C=O) groups excluding carboxylic acids is 1. The Kier molecular flexibility index (Phi) is 6.21. The minimum Gasteiger partial charge on any atom is -0.368 e. The number of pyridine rings is 1.